The third-order valence-electron chi connectivity index (χ3n) is 3.29. The average Bonchev–Trinajstić information content (AvgIpc) is 2.74. The predicted octanol–water partition coefficient (Wildman–Crippen LogP) is 2.87. The summed E-state index contributed by atoms with van der Waals surface area (Å²) in [4.78, 5) is 0. The molecule has 1 atom stereocenters. The van der Waals surface area contributed by atoms with E-state index in [4.69, 9.17) is 9.15 Å². The number of nitrogens with one attached hydrogen (secondary N) is 1. The van der Waals surface area contributed by atoms with Crippen LogP contribution >= 0.6 is 0 Å². The number of fused-ring (bicyclic) bond motifs is 1. The fourth-order valence-electron chi connectivity index (χ4n) is 2.41. The molecule has 0 bridgehead atoms. The molecule has 1 aliphatic heterocycles. The highest BCUT2D eigenvalue weighted by atomic mass is 16.5. The molecule has 17 heavy (non-hydrogen) atoms. The molecular weight excluding hydrogens is 214 g/mol. The smallest absolute Gasteiger partial charge is 0.137 e. The molecule has 0 radical (unpaired) electrons. The second-order valence-corrected chi connectivity index (χ2v) is 4.63. The van der Waals surface area contributed by atoms with Crippen molar-refractivity contribution in [3.05, 3.63) is 30.0 Å². The van der Waals surface area contributed by atoms with Crippen molar-refractivity contribution in [1.29, 1.82) is 0 Å². The van der Waals surface area contributed by atoms with Gasteiger partial charge in [0, 0.05) is 6.54 Å². The highest BCUT2D eigenvalue weighted by molar-refractivity contribution is 5.87. The topological polar surface area (TPSA) is 34.4 Å². The van der Waals surface area contributed by atoms with Gasteiger partial charge in [-0.15, -0.1) is 0 Å². The Morgan fingerprint density at radius 3 is 3.18 bits per heavy atom. The Labute approximate surface area is 101 Å². The SMILES string of the molecule is Cc1coc2cccc(OC3CCCNC3)c12. The molecule has 2 aromatic rings. The van der Waals surface area contributed by atoms with Crippen molar-refractivity contribution in [1.82, 2.24) is 5.32 Å². The molecule has 1 aromatic heterocycles. The Kier molecular flexibility index (Phi) is 2.77. The molecule has 0 amide bonds. The molecule has 3 nitrogen and oxygen atoms in total. The van der Waals surface area contributed by atoms with E-state index in [9.17, 15) is 0 Å². The molecule has 3 rings (SSSR count). The minimum atomic E-state index is 0.281. The van der Waals surface area contributed by atoms with Crippen LogP contribution in [0.4, 0.5) is 0 Å². The van der Waals surface area contributed by atoms with Gasteiger partial charge in [0.1, 0.15) is 17.4 Å². The maximum absolute atomic E-state index is 6.09. The van der Waals surface area contributed by atoms with Crippen LogP contribution in [0.1, 0.15) is 18.4 Å². The fourth-order valence-corrected chi connectivity index (χ4v) is 2.41. The zero-order valence-corrected chi connectivity index (χ0v) is 10.0. The van der Waals surface area contributed by atoms with Gasteiger partial charge in [0.2, 0.25) is 0 Å². The Bertz CT molecular complexity index is 512. The molecule has 1 unspecified atom stereocenters. The van der Waals surface area contributed by atoms with Gasteiger partial charge in [0.25, 0.3) is 0 Å². The third kappa shape index (κ3) is 2.03. The lowest BCUT2D eigenvalue weighted by atomic mass is 10.1. The van der Waals surface area contributed by atoms with E-state index in [0.29, 0.717) is 0 Å². The third-order valence-corrected chi connectivity index (χ3v) is 3.29. The zero-order chi connectivity index (χ0) is 11.7. The molecule has 1 N–H and O–H groups in total. The van der Waals surface area contributed by atoms with Crippen LogP contribution in [-0.4, -0.2) is 19.2 Å². The Morgan fingerprint density at radius 1 is 1.41 bits per heavy atom. The zero-order valence-electron chi connectivity index (χ0n) is 10.0. The number of furan rings is 1. The number of piperidine rings is 1. The van der Waals surface area contributed by atoms with Gasteiger partial charge in [-0.25, -0.2) is 0 Å². The predicted molar refractivity (Wildman–Crippen MR) is 67.5 cm³/mol. The average molecular weight is 231 g/mol. The second-order valence-electron chi connectivity index (χ2n) is 4.63. The summed E-state index contributed by atoms with van der Waals surface area (Å²) in [6.07, 6.45) is 4.38. The maximum atomic E-state index is 6.09. The number of benzene rings is 1. The quantitative estimate of drug-likeness (QED) is 0.863. The van der Waals surface area contributed by atoms with Gasteiger partial charge < -0.3 is 14.5 Å². The summed E-state index contributed by atoms with van der Waals surface area (Å²) in [6, 6.07) is 5.99. The van der Waals surface area contributed by atoms with E-state index < -0.39 is 0 Å². The Hall–Kier alpha value is -1.48. The largest absolute Gasteiger partial charge is 0.488 e. The van der Waals surface area contributed by atoms with Crippen LogP contribution in [0.25, 0.3) is 11.0 Å². The van der Waals surface area contributed by atoms with Gasteiger partial charge in [-0.1, -0.05) is 6.07 Å². The molecule has 90 valence electrons. The van der Waals surface area contributed by atoms with Crippen molar-refractivity contribution in [3.63, 3.8) is 0 Å². The molecule has 2 heterocycles. The van der Waals surface area contributed by atoms with Crippen LogP contribution in [0.15, 0.2) is 28.9 Å². The highest BCUT2D eigenvalue weighted by Crippen LogP contribution is 2.31. The molecule has 1 saturated heterocycles. The first kappa shape index (κ1) is 10.7. The minimum Gasteiger partial charge on any atom is -0.488 e. The van der Waals surface area contributed by atoms with Crippen molar-refractivity contribution in [3.8, 4) is 5.75 Å². The summed E-state index contributed by atoms with van der Waals surface area (Å²) >= 11 is 0. The van der Waals surface area contributed by atoms with Crippen LogP contribution in [0.3, 0.4) is 0 Å². The van der Waals surface area contributed by atoms with E-state index in [1.54, 1.807) is 6.26 Å². The first-order chi connectivity index (χ1) is 8.34. The second kappa shape index (κ2) is 4.41. The normalized spacial score (nSPS) is 20.6. The molecule has 1 aliphatic rings. The van der Waals surface area contributed by atoms with E-state index in [-0.39, 0.29) is 6.10 Å². The van der Waals surface area contributed by atoms with Crippen LogP contribution in [0.5, 0.6) is 5.75 Å². The van der Waals surface area contributed by atoms with Crippen LogP contribution < -0.4 is 10.1 Å². The highest BCUT2D eigenvalue weighted by Gasteiger charge is 2.16. The van der Waals surface area contributed by atoms with Crippen LogP contribution in [-0.2, 0) is 0 Å². The van der Waals surface area contributed by atoms with Crippen molar-refractivity contribution in [2.75, 3.05) is 13.1 Å². The number of ether oxygens (including phenoxy) is 1. The van der Waals surface area contributed by atoms with Gasteiger partial charge in [0.05, 0.1) is 11.6 Å². The van der Waals surface area contributed by atoms with Gasteiger partial charge in [-0.3, -0.25) is 0 Å². The van der Waals surface area contributed by atoms with Crippen molar-refractivity contribution < 1.29 is 9.15 Å². The first-order valence-electron chi connectivity index (χ1n) is 6.19. The van der Waals surface area contributed by atoms with Crippen molar-refractivity contribution in [2.24, 2.45) is 0 Å². The van der Waals surface area contributed by atoms with Gasteiger partial charge in [-0.2, -0.15) is 0 Å². The number of aryl methyl sites for hydroxylation is 1. The van der Waals surface area contributed by atoms with E-state index in [1.165, 1.54) is 6.42 Å². The molecular formula is C14H17NO2. The lowest BCUT2D eigenvalue weighted by Gasteiger charge is -2.24. The lowest BCUT2D eigenvalue weighted by molar-refractivity contribution is 0.169. The summed E-state index contributed by atoms with van der Waals surface area (Å²) in [6.45, 7) is 4.10. The van der Waals surface area contributed by atoms with E-state index in [2.05, 4.69) is 12.2 Å². The van der Waals surface area contributed by atoms with Gasteiger partial charge in [0.15, 0.2) is 0 Å². The van der Waals surface area contributed by atoms with Gasteiger partial charge in [-0.05, 0) is 44.0 Å². The lowest BCUT2D eigenvalue weighted by Crippen LogP contribution is -2.37. The number of rotatable bonds is 2. The minimum absolute atomic E-state index is 0.281. The van der Waals surface area contributed by atoms with Crippen molar-refractivity contribution >= 4 is 11.0 Å². The maximum Gasteiger partial charge on any atom is 0.137 e. The molecule has 0 spiro atoms. The summed E-state index contributed by atoms with van der Waals surface area (Å²) in [5.41, 5.74) is 2.04. The number of hydrogen-bond acceptors (Lipinski definition) is 3. The van der Waals surface area contributed by atoms with Gasteiger partial charge >= 0.3 is 0 Å². The Balaban J connectivity index is 1.91. The fraction of sp³-hybridized carbons (Fsp3) is 0.429. The number of hydrogen-bond donors (Lipinski definition) is 1. The molecule has 1 fully saturated rings. The molecule has 1 aromatic carbocycles. The summed E-state index contributed by atoms with van der Waals surface area (Å²) in [7, 11) is 0. The summed E-state index contributed by atoms with van der Waals surface area (Å²) in [5, 5.41) is 4.47. The Morgan fingerprint density at radius 2 is 2.35 bits per heavy atom. The molecule has 0 saturated carbocycles. The first-order valence-corrected chi connectivity index (χ1v) is 6.19. The monoisotopic (exact) mass is 231 g/mol. The van der Waals surface area contributed by atoms with E-state index in [0.717, 1.165) is 41.8 Å². The van der Waals surface area contributed by atoms with E-state index >= 15 is 0 Å². The van der Waals surface area contributed by atoms with Crippen molar-refractivity contribution in [2.45, 2.75) is 25.9 Å². The molecule has 0 aliphatic carbocycles. The van der Waals surface area contributed by atoms with Crippen LogP contribution in [0, 0.1) is 6.92 Å². The van der Waals surface area contributed by atoms with Crippen LogP contribution in [0.2, 0.25) is 0 Å². The summed E-state index contributed by atoms with van der Waals surface area (Å²) < 4.78 is 11.6. The van der Waals surface area contributed by atoms with E-state index in [1.807, 2.05) is 18.2 Å². The molecule has 3 heteroatoms. The summed E-state index contributed by atoms with van der Waals surface area (Å²) in [5.74, 6) is 0.947. The standard InChI is InChI=1S/C14H17NO2/c1-10-9-16-12-5-2-6-13(14(10)12)17-11-4-3-7-15-8-11/h2,5-6,9,11,15H,3-4,7-8H2,1H3.